The van der Waals surface area contributed by atoms with Crippen molar-refractivity contribution in [2.45, 2.75) is 6.92 Å². The van der Waals surface area contributed by atoms with Crippen LogP contribution in [0.3, 0.4) is 0 Å². The van der Waals surface area contributed by atoms with E-state index in [2.05, 4.69) is 31.2 Å². The van der Waals surface area contributed by atoms with Gasteiger partial charge in [-0.05, 0) is 55.0 Å². The number of nitrogens with zero attached hydrogens (tertiary/aromatic N) is 2. The molecule has 0 saturated heterocycles. The Bertz CT molecular complexity index is 1280. The van der Waals surface area contributed by atoms with Crippen LogP contribution in [0, 0.1) is 12.7 Å². The molecule has 0 aliphatic heterocycles. The van der Waals surface area contributed by atoms with E-state index in [0.717, 1.165) is 10.0 Å². The van der Waals surface area contributed by atoms with Crippen LogP contribution < -0.4 is 10.9 Å². The molecule has 4 rings (SSSR count). The summed E-state index contributed by atoms with van der Waals surface area (Å²) in [4.78, 5) is 21.4. The van der Waals surface area contributed by atoms with E-state index < -0.39 is 11.7 Å². The summed E-state index contributed by atoms with van der Waals surface area (Å²) in [6.45, 7) is 1.91. The average molecular weight is 452 g/mol. The van der Waals surface area contributed by atoms with Gasteiger partial charge in [0.2, 0.25) is 5.55 Å². The first-order chi connectivity index (χ1) is 14.0. The number of nitrogens with one attached hydrogen (secondary N) is 1. The molecule has 29 heavy (non-hydrogen) atoms. The maximum absolute atomic E-state index is 14.1. The zero-order valence-electron chi connectivity index (χ0n) is 15.3. The Hall–Kier alpha value is -3.32. The minimum absolute atomic E-state index is 0.00883. The Kier molecular flexibility index (Phi) is 5.22. The predicted octanol–water partition coefficient (Wildman–Crippen LogP) is 5.52. The van der Waals surface area contributed by atoms with E-state index in [1.165, 1.54) is 12.1 Å². The number of amides is 1. The molecule has 0 spiro atoms. The fourth-order valence-corrected chi connectivity index (χ4v) is 3.10. The van der Waals surface area contributed by atoms with E-state index in [9.17, 15) is 9.18 Å². The molecule has 0 saturated carbocycles. The van der Waals surface area contributed by atoms with Gasteiger partial charge in [0.25, 0.3) is 5.91 Å². The van der Waals surface area contributed by atoms with Crippen LogP contribution in [0.4, 0.5) is 15.9 Å². The van der Waals surface area contributed by atoms with Gasteiger partial charge in [-0.2, -0.15) is 0 Å². The molecule has 0 aliphatic carbocycles. The van der Waals surface area contributed by atoms with E-state index in [0.29, 0.717) is 16.8 Å². The zero-order valence-corrected chi connectivity index (χ0v) is 16.9. The summed E-state index contributed by atoms with van der Waals surface area (Å²) in [6, 6.07) is 16.6. The lowest BCUT2D eigenvalue weighted by Crippen LogP contribution is -2.22. The van der Waals surface area contributed by atoms with Gasteiger partial charge in [-0.1, -0.05) is 34.1 Å². The largest absolute Gasteiger partial charge is 0.438 e. The first-order valence-corrected chi connectivity index (χ1v) is 9.55. The summed E-state index contributed by atoms with van der Waals surface area (Å²) in [5.41, 5.74) is 1.75. The number of benzene rings is 2. The SMILES string of the molecule is Cc1ccc(NC(=O)c2cc3cc(Br)ccc3oc2=Nc2ccccc2F)nc1. The van der Waals surface area contributed by atoms with Crippen LogP contribution in [0.15, 0.2) is 80.7 Å². The van der Waals surface area contributed by atoms with Crippen LogP contribution in [0.5, 0.6) is 0 Å². The minimum Gasteiger partial charge on any atom is -0.438 e. The number of pyridine rings is 1. The number of fused-ring (bicyclic) bond motifs is 1. The number of para-hydroxylation sites is 1. The predicted molar refractivity (Wildman–Crippen MR) is 112 cm³/mol. The number of halogens is 2. The number of rotatable bonds is 3. The molecular weight excluding hydrogens is 437 g/mol. The van der Waals surface area contributed by atoms with Gasteiger partial charge in [0.1, 0.15) is 28.5 Å². The molecule has 0 aliphatic rings. The topological polar surface area (TPSA) is 67.5 Å². The summed E-state index contributed by atoms with van der Waals surface area (Å²) < 4.78 is 20.8. The van der Waals surface area contributed by atoms with E-state index in [1.807, 2.05) is 25.1 Å². The summed E-state index contributed by atoms with van der Waals surface area (Å²) in [6.07, 6.45) is 1.65. The Balaban J connectivity index is 1.86. The third kappa shape index (κ3) is 4.25. The quantitative estimate of drug-likeness (QED) is 0.445. The van der Waals surface area contributed by atoms with Crippen molar-refractivity contribution < 1.29 is 13.6 Å². The smallest absolute Gasteiger partial charge is 0.262 e. The number of hydrogen-bond donors (Lipinski definition) is 1. The van der Waals surface area contributed by atoms with Crippen LogP contribution >= 0.6 is 15.9 Å². The molecule has 2 heterocycles. The maximum Gasteiger partial charge on any atom is 0.262 e. The van der Waals surface area contributed by atoms with Gasteiger partial charge in [0.05, 0.1) is 0 Å². The molecule has 2 aromatic heterocycles. The summed E-state index contributed by atoms with van der Waals surface area (Å²) in [5, 5.41) is 3.43. The number of hydrogen-bond acceptors (Lipinski definition) is 4. The van der Waals surface area contributed by atoms with Gasteiger partial charge in [0.15, 0.2) is 0 Å². The molecule has 0 radical (unpaired) electrons. The molecule has 0 bridgehead atoms. The highest BCUT2D eigenvalue weighted by Gasteiger charge is 2.14. The van der Waals surface area contributed by atoms with Crippen LogP contribution in [0.25, 0.3) is 11.0 Å². The summed E-state index contributed by atoms with van der Waals surface area (Å²) in [7, 11) is 0. The first-order valence-electron chi connectivity index (χ1n) is 8.76. The van der Waals surface area contributed by atoms with Crippen molar-refractivity contribution in [2.24, 2.45) is 4.99 Å². The fourth-order valence-electron chi connectivity index (χ4n) is 2.72. The number of carbonyl (C=O) groups is 1. The van der Waals surface area contributed by atoms with E-state index in [1.54, 1.807) is 36.5 Å². The fraction of sp³-hybridized carbons (Fsp3) is 0.0455. The third-order valence-corrected chi connectivity index (χ3v) is 4.67. The van der Waals surface area contributed by atoms with Crippen molar-refractivity contribution in [3.63, 3.8) is 0 Å². The van der Waals surface area contributed by atoms with Gasteiger partial charge < -0.3 is 9.73 Å². The van der Waals surface area contributed by atoms with Crippen molar-refractivity contribution in [2.75, 3.05) is 5.32 Å². The lowest BCUT2D eigenvalue weighted by molar-refractivity contribution is 0.102. The Morgan fingerprint density at radius 1 is 1.14 bits per heavy atom. The van der Waals surface area contributed by atoms with Crippen LogP contribution in [-0.4, -0.2) is 10.9 Å². The number of aromatic nitrogens is 1. The van der Waals surface area contributed by atoms with Crippen LogP contribution in [0.2, 0.25) is 0 Å². The molecule has 1 amide bonds. The molecule has 0 atom stereocenters. The molecule has 0 fully saturated rings. The third-order valence-electron chi connectivity index (χ3n) is 4.18. The molecule has 0 unspecified atom stereocenters. The highest BCUT2D eigenvalue weighted by Crippen LogP contribution is 2.21. The van der Waals surface area contributed by atoms with Crippen molar-refractivity contribution in [1.82, 2.24) is 4.98 Å². The molecule has 2 aromatic carbocycles. The Morgan fingerprint density at radius 3 is 2.72 bits per heavy atom. The number of carbonyl (C=O) groups excluding carboxylic acids is 1. The van der Waals surface area contributed by atoms with Gasteiger partial charge in [0, 0.05) is 16.1 Å². The second kappa shape index (κ2) is 7.97. The first kappa shape index (κ1) is 19.0. The van der Waals surface area contributed by atoms with Gasteiger partial charge in [-0.15, -0.1) is 0 Å². The van der Waals surface area contributed by atoms with Crippen molar-refractivity contribution >= 4 is 44.3 Å². The molecule has 144 valence electrons. The second-order valence-electron chi connectivity index (χ2n) is 6.39. The minimum atomic E-state index is -0.509. The standard InChI is InChI=1S/C22H15BrFN3O2/c1-13-6-9-20(25-12-13)27-21(28)16-11-14-10-15(23)7-8-19(14)29-22(16)26-18-5-3-2-4-17(18)24/h2-12H,1H3,(H,25,27,28). The lowest BCUT2D eigenvalue weighted by atomic mass is 10.1. The summed E-state index contributed by atoms with van der Waals surface area (Å²) >= 11 is 3.41. The highest BCUT2D eigenvalue weighted by molar-refractivity contribution is 9.10. The summed E-state index contributed by atoms with van der Waals surface area (Å²) in [5.74, 6) is -0.570. The maximum atomic E-state index is 14.1. The van der Waals surface area contributed by atoms with Gasteiger partial charge in [-0.3, -0.25) is 4.79 Å². The number of anilines is 1. The Labute approximate surface area is 174 Å². The van der Waals surface area contributed by atoms with E-state index in [4.69, 9.17) is 4.42 Å². The van der Waals surface area contributed by atoms with E-state index >= 15 is 0 Å². The molecule has 7 heteroatoms. The molecular formula is C22H15BrFN3O2. The Morgan fingerprint density at radius 2 is 1.97 bits per heavy atom. The van der Waals surface area contributed by atoms with Crippen LogP contribution in [-0.2, 0) is 0 Å². The van der Waals surface area contributed by atoms with Crippen LogP contribution in [0.1, 0.15) is 15.9 Å². The molecule has 5 nitrogen and oxygen atoms in total. The zero-order chi connectivity index (χ0) is 20.4. The normalized spacial score (nSPS) is 11.6. The van der Waals surface area contributed by atoms with Gasteiger partial charge in [-0.25, -0.2) is 14.4 Å². The van der Waals surface area contributed by atoms with Crippen molar-refractivity contribution in [3.05, 3.63) is 93.8 Å². The van der Waals surface area contributed by atoms with Gasteiger partial charge >= 0.3 is 0 Å². The molecule has 4 aromatic rings. The van der Waals surface area contributed by atoms with Crippen molar-refractivity contribution in [1.29, 1.82) is 0 Å². The monoisotopic (exact) mass is 451 g/mol. The van der Waals surface area contributed by atoms with E-state index in [-0.39, 0.29) is 16.8 Å². The average Bonchev–Trinajstić information content (AvgIpc) is 2.71. The van der Waals surface area contributed by atoms with Crippen molar-refractivity contribution in [3.8, 4) is 0 Å². The lowest BCUT2D eigenvalue weighted by Gasteiger charge is -2.07. The molecule has 1 N–H and O–H groups in total. The number of aryl methyl sites for hydroxylation is 1. The second-order valence-corrected chi connectivity index (χ2v) is 7.30. The highest BCUT2D eigenvalue weighted by atomic mass is 79.9.